The van der Waals surface area contributed by atoms with Gasteiger partial charge >= 0.3 is 5.97 Å². The van der Waals surface area contributed by atoms with E-state index in [1.807, 2.05) is 0 Å². The highest BCUT2D eigenvalue weighted by Crippen LogP contribution is 2.17. The van der Waals surface area contributed by atoms with Crippen molar-refractivity contribution in [3.05, 3.63) is 36.2 Å². The second-order valence-corrected chi connectivity index (χ2v) is 5.57. The van der Waals surface area contributed by atoms with E-state index in [2.05, 4.69) is 25.6 Å². The summed E-state index contributed by atoms with van der Waals surface area (Å²) in [5.41, 5.74) is 1.32. The van der Waals surface area contributed by atoms with E-state index in [1.54, 1.807) is 12.3 Å². The van der Waals surface area contributed by atoms with E-state index in [0.717, 1.165) is 32.5 Å². The molecule has 24 heavy (non-hydrogen) atoms. The van der Waals surface area contributed by atoms with Crippen LogP contribution in [0, 0.1) is 5.92 Å². The van der Waals surface area contributed by atoms with Gasteiger partial charge < -0.3 is 15.7 Å². The average molecular weight is 350 g/mol. The smallest absolute Gasteiger partial charge is 0.335 e. The standard InChI is InChI=1S/C16H19N5O2.ClH/c22-15(23)12-3-7-18-14(9-12)13-4-8-19-16(21-13)20-10-11-1-5-17-6-2-11;/h3-4,7-9,11,17H,1-2,5-6,10H2,(H,22,23)(H,19,20,21);1H. The first kappa shape index (κ1) is 18.1. The first-order chi connectivity index (χ1) is 11.2. The number of carbonyl (C=O) groups is 1. The molecule has 2 aromatic heterocycles. The van der Waals surface area contributed by atoms with Crippen molar-refractivity contribution in [1.82, 2.24) is 20.3 Å². The fourth-order valence-corrected chi connectivity index (χ4v) is 2.61. The topological polar surface area (TPSA) is 100 Å². The Bertz CT molecular complexity index is 692. The molecule has 2 aromatic rings. The van der Waals surface area contributed by atoms with Crippen LogP contribution < -0.4 is 10.6 Å². The van der Waals surface area contributed by atoms with Crippen molar-refractivity contribution in [3.8, 4) is 11.4 Å². The number of anilines is 1. The molecule has 0 aromatic carbocycles. The molecule has 0 aliphatic carbocycles. The van der Waals surface area contributed by atoms with Crippen LogP contribution in [0.4, 0.5) is 5.95 Å². The molecule has 1 aliphatic heterocycles. The average Bonchev–Trinajstić information content (AvgIpc) is 2.61. The van der Waals surface area contributed by atoms with E-state index in [9.17, 15) is 4.79 Å². The number of nitrogens with zero attached hydrogens (tertiary/aromatic N) is 3. The minimum absolute atomic E-state index is 0. The highest BCUT2D eigenvalue weighted by molar-refractivity contribution is 5.88. The van der Waals surface area contributed by atoms with Crippen LogP contribution in [0.25, 0.3) is 11.4 Å². The van der Waals surface area contributed by atoms with Crippen LogP contribution in [0.5, 0.6) is 0 Å². The summed E-state index contributed by atoms with van der Waals surface area (Å²) in [6, 6.07) is 4.70. The van der Waals surface area contributed by atoms with Gasteiger partial charge in [-0.2, -0.15) is 0 Å². The van der Waals surface area contributed by atoms with Crippen molar-refractivity contribution in [2.45, 2.75) is 12.8 Å². The molecule has 3 rings (SSSR count). The van der Waals surface area contributed by atoms with Crippen molar-refractivity contribution in [2.75, 3.05) is 25.0 Å². The number of pyridine rings is 1. The summed E-state index contributed by atoms with van der Waals surface area (Å²) in [6.45, 7) is 2.95. The Labute approximate surface area is 146 Å². The summed E-state index contributed by atoms with van der Waals surface area (Å²) in [6.07, 6.45) is 5.43. The van der Waals surface area contributed by atoms with Crippen molar-refractivity contribution >= 4 is 24.3 Å². The molecule has 3 heterocycles. The largest absolute Gasteiger partial charge is 0.478 e. The number of carboxylic acids is 1. The lowest BCUT2D eigenvalue weighted by atomic mass is 9.98. The molecule has 7 nitrogen and oxygen atoms in total. The number of nitrogens with one attached hydrogen (secondary N) is 2. The first-order valence-electron chi connectivity index (χ1n) is 7.70. The van der Waals surface area contributed by atoms with Crippen LogP contribution >= 0.6 is 12.4 Å². The molecular weight excluding hydrogens is 330 g/mol. The van der Waals surface area contributed by atoms with Crippen LogP contribution in [0.1, 0.15) is 23.2 Å². The van der Waals surface area contributed by atoms with Crippen molar-refractivity contribution in [2.24, 2.45) is 5.92 Å². The van der Waals surface area contributed by atoms with Crippen molar-refractivity contribution in [1.29, 1.82) is 0 Å². The second kappa shape index (κ2) is 8.56. The van der Waals surface area contributed by atoms with Gasteiger partial charge in [-0.15, -0.1) is 12.4 Å². The van der Waals surface area contributed by atoms with Gasteiger partial charge in [0, 0.05) is 18.9 Å². The Morgan fingerprint density at radius 2 is 1.96 bits per heavy atom. The third kappa shape index (κ3) is 4.62. The lowest BCUT2D eigenvalue weighted by molar-refractivity contribution is 0.0697. The second-order valence-electron chi connectivity index (χ2n) is 5.57. The maximum Gasteiger partial charge on any atom is 0.335 e. The van der Waals surface area contributed by atoms with Gasteiger partial charge in [-0.25, -0.2) is 14.8 Å². The van der Waals surface area contributed by atoms with Gasteiger partial charge in [-0.3, -0.25) is 4.98 Å². The van der Waals surface area contributed by atoms with Crippen molar-refractivity contribution in [3.63, 3.8) is 0 Å². The monoisotopic (exact) mass is 349 g/mol. The zero-order valence-corrected chi connectivity index (χ0v) is 13.9. The predicted octanol–water partition coefficient (Wildman–Crippen LogP) is 2.07. The van der Waals surface area contributed by atoms with Gasteiger partial charge in [0.1, 0.15) is 0 Å². The van der Waals surface area contributed by atoms with E-state index < -0.39 is 5.97 Å². The van der Waals surface area contributed by atoms with Gasteiger partial charge in [0.15, 0.2) is 0 Å². The normalized spacial score (nSPS) is 14.7. The Balaban J connectivity index is 0.00000208. The minimum atomic E-state index is -0.980. The number of hydrogen-bond donors (Lipinski definition) is 3. The number of carboxylic acid groups (broad SMARTS) is 1. The summed E-state index contributed by atoms with van der Waals surface area (Å²) in [7, 11) is 0. The molecule has 1 saturated heterocycles. The Kier molecular flexibility index (Phi) is 6.45. The molecular formula is C16H20ClN5O2. The van der Waals surface area contributed by atoms with Gasteiger partial charge in [-0.1, -0.05) is 0 Å². The van der Waals surface area contributed by atoms with Gasteiger partial charge in [-0.05, 0) is 50.0 Å². The zero-order valence-electron chi connectivity index (χ0n) is 13.1. The predicted molar refractivity (Wildman–Crippen MR) is 93.6 cm³/mol. The third-order valence-corrected chi connectivity index (χ3v) is 3.93. The summed E-state index contributed by atoms with van der Waals surface area (Å²) in [4.78, 5) is 23.9. The molecule has 8 heteroatoms. The molecule has 0 spiro atoms. The van der Waals surface area contributed by atoms with Crippen LogP contribution in [0.15, 0.2) is 30.6 Å². The molecule has 0 bridgehead atoms. The number of aromatic carboxylic acids is 1. The lowest BCUT2D eigenvalue weighted by Crippen LogP contribution is -2.31. The van der Waals surface area contributed by atoms with E-state index in [4.69, 9.17) is 5.11 Å². The number of halogens is 1. The van der Waals surface area contributed by atoms with Gasteiger partial charge in [0.2, 0.25) is 5.95 Å². The van der Waals surface area contributed by atoms with Crippen LogP contribution in [-0.2, 0) is 0 Å². The molecule has 1 fully saturated rings. The van der Waals surface area contributed by atoms with E-state index >= 15 is 0 Å². The van der Waals surface area contributed by atoms with Crippen LogP contribution in [-0.4, -0.2) is 45.7 Å². The molecule has 0 saturated carbocycles. The fourth-order valence-electron chi connectivity index (χ4n) is 2.61. The number of rotatable bonds is 5. The van der Waals surface area contributed by atoms with Crippen molar-refractivity contribution < 1.29 is 9.90 Å². The zero-order chi connectivity index (χ0) is 16.1. The maximum absolute atomic E-state index is 11.1. The fraction of sp³-hybridized carbons (Fsp3) is 0.375. The quantitative estimate of drug-likeness (QED) is 0.759. The number of aromatic nitrogens is 3. The Hall–Kier alpha value is -2.25. The van der Waals surface area contributed by atoms with Gasteiger partial charge in [0.05, 0.1) is 17.0 Å². The van der Waals surface area contributed by atoms with E-state index in [-0.39, 0.29) is 18.0 Å². The highest BCUT2D eigenvalue weighted by atomic mass is 35.5. The summed E-state index contributed by atoms with van der Waals surface area (Å²) in [5.74, 6) is 0.187. The molecule has 128 valence electrons. The Morgan fingerprint density at radius 3 is 2.71 bits per heavy atom. The molecule has 0 radical (unpaired) electrons. The third-order valence-electron chi connectivity index (χ3n) is 3.93. The van der Waals surface area contributed by atoms with Gasteiger partial charge in [0.25, 0.3) is 0 Å². The Morgan fingerprint density at radius 1 is 1.21 bits per heavy atom. The first-order valence-corrected chi connectivity index (χ1v) is 7.70. The van der Waals surface area contributed by atoms with Crippen LogP contribution in [0.3, 0.4) is 0 Å². The molecule has 0 unspecified atom stereocenters. The van der Waals surface area contributed by atoms with Crippen LogP contribution in [0.2, 0.25) is 0 Å². The molecule has 1 aliphatic rings. The summed E-state index contributed by atoms with van der Waals surface area (Å²) < 4.78 is 0. The summed E-state index contributed by atoms with van der Waals surface area (Å²) in [5, 5.41) is 15.7. The number of piperidine rings is 1. The SMILES string of the molecule is Cl.O=C(O)c1ccnc(-c2ccnc(NCC3CCNCC3)n2)c1. The van der Waals surface area contributed by atoms with E-state index in [0.29, 0.717) is 23.3 Å². The molecule has 3 N–H and O–H groups in total. The molecule has 0 amide bonds. The van der Waals surface area contributed by atoms with E-state index in [1.165, 1.54) is 18.3 Å². The lowest BCUT2D eigenvalue weighted by Gasteiger charge is -2.22. The minimum Gasteiger partial charge on any atom is -0.478 e. The molecule has 0 atom stereocenters. The maximum atomic E-state index is 11.1. The number of hydrogen-bond acceptors (Lipinski definition) is 6. The highest BCUT2D eigenvalue weighted by Gasteiger charge is 2.13. The summed E-state index contributed by atoms with van der Waals surface area (Å²) >= 11 is 0.